The van der Waals surface area contributed by atoms with Gasteiger partial charge in [0.2, 0.25) is 0 Å². The number of amides is 2. The van der Waals surface area contributed by atoms with E-state index in [9.17, 15) is 14.4 Å². The van der Waals surface area contributed by atoms with Gasteiger partial charge < -0.3 is 14.2 Å². The third-order valence-electron chi connectivity index (χ3n) is 6.15. The van der Waals surface area contributed by atoms with E-state index in [0.29, 0.717) is 30.1 Å². The molecule has 1 aromatic rings. The van der Waals surface area contributed by atoms with Crippen molar-refractivity contribution in [2.75, 3.05) is 20.3 Å². The normalized spacial score (nSPS) is 25.5. The monoisotopic (exact) mass is 438 g/mol. The number of nitrogens with zero attached hydrogens (tertiary/aromatic N) is 2. The molecular weight excluding hydrogens is 412 g/mol. The van der Waals surface area contributed by atoms with Crippen molar-refractivity contribution in [3.63, 3.8) is 0 Å². The Morgan fingerprint density at radius 1 is 1.19 bits per heavy atom. The molecule has 0 radical (unpaired) electrons. The zero-order valence-electron chi connectivity index (χ0n) is 18.2. The van der Waals surface area contributed by atoms with Crippen molar-refractivity contribution in [2.45, 2.75) is 19.8 Å². The highest BCUT2D eigenvalue weighted by atomic mass is 16.6. The first kappa shape index (κ1) is 21.8. The first-order valence-electron chi connectivity index (χ1n) is 10.7. The topological polar surface area (TPSA) is 94.5 Å². The van der Waals surface area contributed by atoms with Crippen molar-refractivity contribution < 1.29 is 28.6 Å². The number of methoxy groups -OCH3 is 1. The average Bonchev–Trinajstić information content (AvgIpc) is 3.46. The quantitative estimate of drug-likeness (QED) is 0.255. The molecule has 0 aromatic heterocycles. The van der Waals surface area contributed by atoms with Crippen molar-refractivity contribution in [1.82, 2.24) is 5.01 Å². The maximum atomic E-state index is 12.8. The standard InChI is InChI=1S/C24H26N2O6/c1-4-6-17-9-14(10-18(31-5-2)22(17)32-13-19(27)30-3)12-25-26-23(28)20-15-7-8-16(11-15)21(20)24(26)29/h4,7-10,12,15-16,20-21H,1,5-6,11,13H2,2-3H3. The Hall–Kier alpha value is -3.42. The summed E-state index contributed by atoms with van der Waals surface area (Å²) in [6.45, 7) is 5.72. The van der Waals surface area contributed by atoms with Gasteiger partial charge >= 0.3 is 5.97 Å². The largest absolute Gasteiger partial charge is 0.490 e. The van der Waals surface area contributed by atoms with E-state index in [1.54, 1.807) is 18.2 Å². The molecule has 2 aliphatic carbocycles. The van der Waals surface area contributed by atoms with Crippen LogP contribution in [-0.2, 0) is 25.5 Å². The molecule has 4 rings (SSSR count). The molecule has 4 atom stereocenters. The lowest BCUT2D eigenvalue weighted by Gasteiger charge is -2.16. The molecule has 1 saturated carbocycles. The number of hydrogen-bond acceptors (Lipinski definition) is 7. The maximum Gasteiger partial charge on any atom is 0.343 e. The van der Waals surface area contributed by atoms with Gasteiger partial charge in [-0.3, -0.25) is 9.59 Å². The molecule has 1 heterocycles. The van der Waals surface area contributed by atoms with E-state index in [2.05, 4.69) is 16.4 Å². The SMILES string of the molecule is C=CCc1cc(C=NN2C(=O)C3C4C=CC(C4)C3C2=O)cc(OCC)c1OCC(=O)OC. The Balaban J connectivity index is 1.60. The van der Waals surface area contributed by atoms with Gasteiger partial charge in [-0.2, -0.15) is 10.1 Å². The van der Waals surface area contributed by atoms with E-state index in [0.717, 1.165) is 17.0 Å². The first-order chi connectivity index (χ1) is 15.5. The van der Waals surface area contributed by atoms with Gasteiger partial charge in [-0.05, 0) is 49.3 Å². The molecule has 4 unspecified atom stereocenters. The average molecular weight is 438 g/mol. The summed E-state index contributed by atoms with van der Waals surface area (Å²) in [6, 6.07) is 3.50. The van der Waals surface area contributed by atoms with E-state index >= 15 is 0 Å². The molecule has 32 heavy (non-hydrogen) atoms. The van der Waals surface area contributed by atoms with Crippen LogP contribution in [0.15, 0.2) is 42.0 Å². The van der Waals surface area contributed by atoms with Gasteiger partial charge in [0.05, 0.1) is 31.8 Å². The van der Waals surface area contributed by atoms with Crippen molar-refractivity contribution in [3.05, 3.63) is 48.1 Å². The second-order valence-electron chi connectivity index (χ2n) is 8.03. The van der Waals surface area contributed by atoms with Crippen LogP contribution in [0.25, 0.3) is 0 Å². The predicted octanol–water partition coefficient (Wildman–Crippen LogP) is 2.51. The summed E-state index contributed by atoms with van der Waals surface area (Å²) in [4.78, 5) is 37.2. The summed E-state index contributed by atoms with van der Waals surface area (Å²) < 4.78 is 16.0. The molecule has 1 aliphatic heterocycles. The molecule has 2 fully saturated rings. The second kappa shape index (κ2) is 8.98. The number of hydrazone groups is 1. The minimum atomic E-state index is -0.511. The van der Waals surface area contributed by atoms with Crippen molar-refractivity contribution >= 4 is 24.0 Å². The lowest BCUT2D eigenvalue weighted by Crippen LogP contribution is -2.28. The van der Waals surface area contributed by atoms with Gasteiger partial charge in [0.1, 0.15) is 0 Å². The number of fused-ring (bicyclic) bond motifs is 5. The number of carbonyl (C=O) groups excluding carboxylic acids is 3. The fourth-order valence-corrected chi connectivity index (χ4v) is 4.81. The highest BCUT2D eigenvalue weighted by Gasteiger charge is 2.59. The van der Waals surface area contributed by atoms with Crippen LogP contribution < -0.4 is 9.47 Å². The van der Waals surface area contributed by atoms with Crippen LogP contribution in [0.1, 0.15) is 24.5 Å². The molecule has 0 N–H and O–H groups in total. The lowest BCUT2D eigenvalue weighted by atomic mass is 9.85. The number of hydrogen-bond donors (Lipinski definition) is 0. The van der Waals surface area contributed by atoms with Gasteiger partial charge in [-0.1, -0.05) is 18.2 Å². The van der Waals surface area contributed by atoms with Gasteiger partial charge in [0.15, 0.2) is 18.1 Å². The zero-order chi connectivity index (χ0) is 22.8. The summed E-state index contributed by atoms with van der Waals surface area (Å²) in [6.07, 6.45) is 8.61. The zero-order valence-corrected chi connectivity index (χ0v) is 18.2. The molecular formula is C24H26N2O6. The molecule has 1 saturated heterocycles. The third-order valence-corrected chi connectivity index (χ3v) is 6.15. The highest BCUT2D eigenvalue weighted by molar-refractivity contribution is 6.06. The number of esters is 1. The van der Waals surface area contributed by atoms with Crippen LogP contribution in [0.4, 0.5) is 0 Å². The van der Waals surface area contributed by atoms with E-state index in [-0.39, 0.29) is 42.1 Å². The molecule has 168 valence electrons. The smallest absolute Gasteiger partial charge is 0.343 e. The highest BCUT2D eigenvalue weighted by Crippen LogP contribution is 2.52. The Morgan fingerprint density at radius 2 is 1.88 bits per heavy atom. The number of benzene rings is 1. The lowest BCUT2D eigenvalue weighted by molar-refractivity contribution is -0.143. The van der Waals surface area contributed by atoms with Crippen LogP contribution >= 0.6 is 0 Å². The van der Waals surface area contributed by atoms with Crippen LogP contribution in [0, 0.1) is 23.7 Å². The van der Waals surface area contributed by atoms with E-state index in [1.807, 2.05) is 19.1 Å². The van der Waals surface area contributed by atoms with Gasteiger partial charge in [-0.25, -0.2) is 4.79 Å². The summed E-state index contributed by atoms with van der Waals surface area (Å²) in [7, 11) is 1.29. The molecule has 0 spiro atoms. The van der Waals surface area contributed by atoms with Crippen LogP contribution in [0.2, 0.25) is 0 Å². The molecule has 1 aromatic carbocycles. The summed E-state index contributed by atoms with van der Waals surface area (Å²) in [5.74, 6) is -0.450. The summed E-state index contributed by atoms with van der Waals surface area (Å²) >= 11 is 0. The van der Waals surface area contributed by atoms with Gasteiger partial charge in [-0.15, -0.1) is 6.58 Å². The van der Waals surface area contributed by atoms with E-state index in [4.69, 9.17) is 9.47 Å². The van der Waals surface area contributed by atoms with Gasteiger partial charge in [0, 0.05) is 5.56 Å². The van der Waals surface area contributed by atoms with Crippen LogP contribution in [0.3, 0.4) is 0 Å². The Kier molecular flexibility index (Phi) is 6.12. The second-order valence-corrected chi connectivity index (χ2v) is 8.03. The molecule has 3 aliphatic rings. The number of ether oxygens (including phenoxy) is 3. The first-order valence-corrected chi connectivity index (χ1v) is 10.7. The minimum Gasteiger partial charge on any atom is -0.490 e. The number of rotatable bonds is 9. The van der Waals surface area contributed by atoms with E-state index < -0.39 is 5.97 Å². The Morgan fingerprint density at radius 3 is 2.47 bits per heavy atom. The maximum absolute atomic E-state index is 12.8. The van der Waals surface area contributed by atoms with Crippen LogP contribution in [-0.4, -0.2) is 49.3 Å². The molecule has 8 heteroatoms. The van der Waals surface area contributed by atoms with Crippen molar-refractivity contribution in [1.29, 1.82) is 0 Å². The number of imide groups is 1. The molecule has 8 nitrogen and oxygen atoms in total. The number of carbonyl (C=O) groups is 3. The minimum absolute atomic E-state index is 0.136. The predicted molar refractivity (Wildman–Crippen MR) is 116 cm³/mol. The van der Waals surface area contributed by atoms with Crippen LogP contribution in [0.5, 0.6) is 11.5 Å². The Labute approximate surface area is 186 Å². The summed E-state index contributed by atoms with van der Waals surface area (Å²) in [5.41, 5.74) is 1.36. The molecule has 2 amide bonds. The van der Waals surface area contributed by atoms with Crippen molar-refractivity contribution in [2.24, 2.45) is 28.8 Å². The molecule has 2 bridgehead atoms. The number of allylic oxidation sites excluding steroid dienone is 3. The van der Waals surface area contributed by atoms with Crippen molar-refractivity contribution in [3.8, 4) is 11.5 Å². The Bertz CT molecular complexity index is 984. The fraction of sp³-hybridized carbons (Fsp3) is 0.417. The third kappa shape index (κ3) is 3.81. The fourth-order valence-electron chi connectivity index (χ4n) is 4.81. The van der Waals surface area contributed by atoms with E-state index in [1.165, 1.54) is 13.3 Å². The summed E-state index contributed by atoms with van der Waals surface area (Å²) in [5, 5.41) is 5.25. The van der Waals surface area contributed by atoms with Gasteiger partial charge in [0.25, 0.3) is 11.8 Å².